The summed E-state index contributed by atoms with van der Waals surface area (Å²) in [5.41, 5.74) is 1.20. The van der Waals surface area contributed by atoms with Crippen LogP contribution >= 0.6 is 0 Å². The van der Waals surface area contributed by atoms with Gasteiger partial charge in [0.2, 0.25) is 0 Å². The van der Waals surface area contributed by atoms with Crippen LogP contribution in [0, 0.1) is 46.3 Å². The van der Waals surface area contributed by atoms with Gasteiger partial charge < -0.3 is 5.11 Å². The molecule has 8 atom stereocenters. The van der Waals surface area contributed by atoms with Gasteiger partial charge in [-0.15, -0.1) is 0 Å². The van der Waals surface area contributed by atoms with Crippen molar-refractivity contribution in [2.24, 2.45) is 46.3 Å². The normalized spacial score (nSPS) is 54.0. The van der Waals surface area contributed by atoms with Crippen LogP contribution in [0.3, 0.4) is 0 Å². The van der Waals surface area contributed by atoms with Gasteiger partial charge in [0.1, 0.15) is 0 Å². The van der Waals surface area contributed by atoms with Gasteiger partial charge in [0.25, 0.3) is 0 Å². The molecule has 0 heterocycles. The first-order valence-corrected chi connectivity index (χ1v) is 10.6. The lowest BCUT2D eigenvalue weighted by molar-refractivity contribution is -0.115. The molecule has 132 valence electrons. The van der Waals surface area contributed by atoms with E-state index >= 15 is 0 Å². The Hall–Kier alpha value is -0.0400. The lowest BCUT2D eigenvalue weighted by Gasteiger charge is -2.60. The Morgan fingerprint density at radius 3 is 2.43 bits per heavy atom. The molecular formula is C22H38O. The zero-order valence-corrected chi connectivity index (χ0v) is 15.7. The summed E-state index contributed by atoms with van der Waals surface area (Å²) in [6, 6.07) is 0. The van der Waals surface area contributed by atoms with E-state index in [1.807, 2.05) is 0 Å². The molecule has 4 aliphatic rings. The molecule has 0 aliphatic heterocycles. The van der Waals surface area contributed by atoms with E-state index in [0.717, 1.165) is 29.6 Å². The van der Waals surface area contributed by atoms with E-state index in [2.05, 4.69) is 20.8 Å². The highest BCUT2D eigenvalue weighted by molar-refractivity contribution is 5.09. The van der Waals surface area contributed by atoms with Crippen LogP contribution in [-0.4, -0.2) is 11.7 Å². The summed E-state index contributed by atoms with van der Waals surface area (Å²) in [7, 11) is 0. The third kappa shape index (κ3) is 2.28. The van der Waals surface area contributed by atoms with Crippen molar-refractivity contribution in [2.45, 2.75) is 85.0 Å². The fourth-order valence-corrected chi connectivity index (χ4v) is 8.40. The van der Waals surface area contributed by atoms with Crippen LogP contribution in [0.25, 0.3) is 0 Å². The van der Waals surface area contributed by atoms with Crippen LogP contribution in [0.2, 0.25) is 0 Å². The van der Waals surface area contributed by atoms with Gasteiger partial charge in [-0.1, -0.05) is 33.6 Å². The maximum absolute atomic E-state index is 9.73. The van der Waals surface area contributed by atoms with Crippen molar-refractivity contribution in [3.05, 3.63) is 0 Å². The number of fused-ring (bicyclic) bond motifs is 5. The predicted octanol–water partition coefficient (Wildman–Crippen LogP) is 5.66. The van der Waals surface area contributed by atoms with E-state index in [9.17, 15) is 5.11 Å². The second-order valence-corrected chi connectivity index (χ2v) is 10.3. The van der Waals surface area contributed by atoms with Gasteiger partial charge in [-0.25, -0.2) is 0 Å². The highest BCUT2D eigenvalue weighted by atomic mass is 16.3. The summed E-state index contributed by atoms with van der Waals surface area (Å²) in [5.74, 6) is 5.29. The molecule has 4 aliphatic carbocycles. The lowest BCUT2D eigenvalue weighted by atomic mass is 9.44. The zero-order chi connectivity index (χ0) is 16.2. The molecule has 4 saturated carbocycles. The van der Waals surface area contributed by atoms with Gasteiger partial charge in [0.05, 0.1) is 0 Å². The summed E-state index contributed by atoms with van der Waals surface area (Å²) in [5, 5.41) is 9.73. The number of hydrogen-bond donors (Lipinski definition) is 1. The molecule has 0 spiro atoms. The van der Waals surface area contributed by atoms with Crippen LogP contribution in [0.5, 0.6) is 0 Å². The summed E-state index contributed by atoms with van der Waals surface area (Å²) in [6.45, 7) is 7.97. The van der Waals surface area contributed by atoms with Gasteiger partial charge >= 0.3 is 0 Å². The number of hydrogen-bond acceptors (Lipinski definition) is 1. The number of aliphatic hydroxyl groups is 1. The number of aliphatic hydroxyl groups excluding tert-OH is 1. The van der Waals surface area contributed by atoms with Crippen molar-refractivity contribution >= 4 is 0 Å². The van der Waals surface area contributed by atoms with Crippen molar-refractivity contribution in [2.75, 3.05) is 6.61 Å². The van der Waals surface area contributed by atoms with Gasteiger partial charge in [0, 0.05) is 6.61 Å². The average Bonchev–Trinajstić information content (AvgIpc) is 2.91. The Morgan fingerprint density at radius 1 is 0.870 bits per heavy atom. The second kappa shape index (κ2) is 5.75. The molecule has 0 bridgehead atoms. The van der Waals surface area contributed by atoms with Gasteiger partial charge in [-0.05, 0) is 97.7 Å². The van der Waals surface area contributed by atoms with E-state index in [1.54, 1.807) is 0 Å². The Morgan fingerprint density at radius 2 is 1.65 bits per heavy atom. The summed E-state index contributed by atoms with van der Waals surface area (Å²) >= 11 is 0. The molecule has 0 aromatic rings. The molecule has 0 saturated heterocycles. The molecule has 4 rings (SSSR count). The summed E-state index contributed by atoms with van der Waals surface area (Å²) in [6.07, 6.45) is 14.8. The monoisotopic (exact) mass is 318 g/mol. The summed E-state index contributed by atoms with van der Waals surface area (Å²) in [4.78, 5) is 0. The Labute approximate surface area is 143 Å². The van der Waals surface area contributed by atoms with Gasteiger partial charge in [-0.3, -0.25) is 0 Å². The van der Waals surface area contributed by atoms with Gasteiger partial charge in [0.15, 0.2) is 0 Å². The van der Waals surface area contributed by atoms with Crippen LogP contribution < -0.4 is 0 Å². The largest absolute Gasteiger partial charge is 0.396 e. The molecule has 0 aromatic heterocycles. The first kappa shape index (κ1) is 16.4. The molecule has 4 fully saturated rings. The van der Waals surface area contributed by atoms with E-state index in [4.69, 9.17) is 0 Å². The van der Waals surface area contributed by atoms with Crippen LogP contribution in [0.15, 0.2) is 0 Å². The lowest BCUT2D eigenvalue weighted by Crippen LogP contribution is -2.53. The highest BCUT2D eigenvalue weighted by Crippen LogP contribution is 2.68. The SMILES string of the molecule is CC(CO)C1CCC2C3CCC4CCCCC4(C)C3CCC12C. The molecule has 0 amide bonds. The van der Waals surface area contributed by atoms with E-state index < -0.39 is 0 Å². The quantitative estimate of drug-likeness (QED) is 0.696. The van der Waals surface area contributed by atoms with Crippen molar-refractivity contribution in [1.82, 2.24) is 0 Å². The maximum Gasteiger partial charge on any atom is 0.0459 e. The molecule has 23 heavy (non-hydrogen) atoms. The fourth-order valence-electron chi connectivity index (χ4n) is 8.40. The van der Waals surface area contributed by atoms with Crippen LogP contribution in [0.1, 0.15) is 85.0 Å². The topological polar surface area (TPSA) is 20.2 Å². The minimum absolute atomic E-state index is 0.390. The molecule has 1 heteroatoms. The second-order valence-electron chi connectivity index (χ2n) is 10.3. The van der Waals surface area contributed by atoms with Crippen molar-refractivity contribution in [3.8, 4) is 0 Å². The van der Waals surface area contributed by atoms with E-state index in [1.165, 1.54) is 64.2 Å². The molecule has 8 unspecified atom stereocenters. The average molecular weight is 319 g/mol. The molecule has 0 aromatic carbocycles. The Bertz CT molecular complexity index is 445. The van der Waals surface area contributed by atoms with Crippen molar-refractivity contribution < 1.29 is 5.11 Å². The minimum atomic E-state index is 0.390. The maximum atomic E-state index is 9.73. The molecule has 0 radical (unpaired) electrons. The molecular weight excluding hydrogens is 280 g/mol. The van der Waals surface area contributed by atoms with E-state index in [0.29, 0.717) is 23.4 Å². The van der Waals surface area contributed by atoms with E-state index in [-0.39, 0.29) is 0 Å². The third-order valence-corrected chi connectivity index (χ3v) is 9.63. The fraction of sp³-hybridized carbons (Fsp3) is 1.00. The van der Waals surface area contributed by atoms with Crippen LogP contribution in [0.4, 0.5) is 0 Å². The van der Waals surface area contributed by atoms with Crippen LogP contribution in [-0.2, 0) is 0 Å². The predicted molar refractivity (Wildman–Crippen MR) is 96.1 cm³/mol. The Kier molecular flexibility index (Phi) is 4.11. The molecule has 1 nitrogen and oxygen atoms in total. The van der Waals surface area contributed by atoms with Gasteiger partial charge in [-0.2, -0.15) is 0 Å². The summed E-state index contributed by atoms with van der Waals surface area (Å²) < 4.78 is 0. The standard InChI is InChI=1S/C22H38O/c1-15(14-23)18-9-10-19-17-8-7-16-6-4-5-12-21(16,2)20(17)11-13-22(18,19)3/h15-20,23H,4-14H2,1-3H3. The first-order chi connectivity index (χ1) is 11.0. The van der Waals surface area contributed by atoms with Crippen molar-refractivity contribution in [3.63, 3.8) is 0 Å². The molecule has 1 N–H and O–H groups in total. The highest BCUT2D eigenvalue weighted by Gasteiger charge is 2.59. The third-order valence-electron chi connectivity index (χ3n) is 9.63. The minimum Gasteiger partial charge on any atom is -0.396 e. The Balaban J connectivity index is 1.60. The number of rotatable bonds is 2. The zero-order valence-electron chi connectivity index (χ0n) is 15.7. The smallest absolute Gasteiger partial charge is 0.0459 e. The first-order valence-electron chi connectivity index (χ1n) is 10.6. The van der Waals surface area contributed by atoms with Crippen molar-refractivity contribution in [1.29, 1.82) is 0 Å².